The van der Waals surface area contributed by atoms with Gasteiger partial charge >= 0.3 is 0 Å². The highest BCUT2D eigenvalue weighted by Crippen LogP contribution is 2.37. The molecule has 0 rings (SSSR count). The lowest BCUT2D eigenvalue weighted by molar-refractivity contribution is 0.0904. The predicted octanol–water partition coefficient (Wildman–Crippen LogP) is 3.03. The van der Waals surface area contributed by atoms with Crippen molar-refractivity contribution in [3.8, 4) is 0 Å². The second-order valence-electron chi connectivity index (χ2n) is 6.37. The van der Waals surface area contributed by atoms with Gasteiger partial charge < -0.3 is 9.53 Å². The van der Waals surface area contributed by atoms with Crippen molar-refractivity contribution in [3.63, 3.8) is 0 Å². The van der Waals surface area contributed by atoms with Crippen molar-refractivity contribution in [1.29, 1.82) is 0 Å². The summed E-state index contributed by atoms with van der Waals surface area (Å²) in [5.41, 5.74) is -0.116. The van der Waals surface area contributed by atoms with Gasteiger partial charge in [0.2, 0.25) is 0 Å². The van der Waals surface area contributed by atoms with Crippen LogP contribution in [-0.4, -0.2) is 26.6 Å². The van der Waals surface area contributed by atoms with E-state index in [1.807, 2.05) is 13.8 Å². The molecule has 0 aromatic carbocycles. The van der Waals surface area contributed by atoms with Crippen LogP contribution < -0.4 is 0 Å². The smallest absolute Gasteiger partial charge is 0.192 e. The first kappa shape index (κ1) is 14.1. The lowest BCUT2D eigenvalue weighted by atomic mass is 9.97. The van der Waals surface area contributed by atoms with E-state index in [0.717, 1.165) is 0 Å². The zero-order chi connectivity index (χ0) is 11.6. The van der Waals surface area contributed by atoms with Crippen molar-refractivity contribution < 1.29 is 9.53 Å². The van der Waals surface area contributed by atoms with E-state index >= 15 is 0 Å². The molecular formula is C11H26O2Si. The maximum absolute atomic E-state index is 9.13. The zero-order valence-corrected chi connectivity index (χ0v) is 11.8. The first-order chi connectivity index (χ1) is 6.02. The van der Waals surface area contributed by atoms with Crippen molar-refractivity contribution in [2.75, 3.05) is 13.2 Å². The molecule has 0 saturated heterocycles. The average Bonchev–Trinajstić information content (AvgIpc) is 1.99. The first-order valence-electron chi connectivity index (χ1n) is 5.27. The van der Waals surface area contributed by atoms with Gasteiger partial charge in [0.25, 0.3) is 0 Å². The molecule has 0 aromatic heterocycles. The van der Waals surface area contributed by atoms with E-state index in [1.165, 1.54) is 0 Å². The van der Waals surface area contributed by atoms with Crippen molar-refractivity contribution in [2.24, 2.45) is 5.41 Å². The number of aliphatic hydroxyl groups excluding tert-OH is 1. The molecule has 0 bridgehead atoms. The SMILES string of the molecule is CC(C)(CO)CO[Si](C)(C)C(C)(C)C. The van der Waals surface area contributed by atoms with Crippen LogP contribution >= 0.6 is 0 Å². The van der Waals surface area contributed by atoms with Crippen LogP contribution in [0, 0.1) is 5.41 Å². The Morgan fingerprint density at radius 3 is 1.79 bits per heavy atom. The highest BCUT2D eigenvalue weighted by atomic mass is 28.4. The molecule has 0 radical (unpaired) electrons. The lowest BCUT2D eigenvalue weighted by Gasteiger charge is -2.38. The fourth-order valence-electron chi connectivity index (χ4n) is 0.638. The zero-order valence-electron chi connectivity index (χ0n) is 10.8. The molecule has 0 amide bonds. The molecule has 0 spiro atoms. The fourth-order valence-corrected chi connectivity index (χ4v) is 1.82. The van der Waals surface area contributed by atoms with E-state index in [0.29, 0.717) is 6.61 Å². The maximum Gasteiger partial charge on any atom is 0.192 e. The normalized spacial score (nSPS) is 14.6. The second kappa shape index (κ2) is 4.33. The molecule has 0 atom stereocenters. The van der Waals surface area contributed by atoms with E-state index in [9.17, 15) is 0 Å². The molecule has 2 nitrogen and oxygen atoms in total. The number of hydrogen-bond donors (Lipinski definition) is 1. The predicted molar refractivity (Wildman–Crippen MR) is 64.0 cm³/mol. The minimum Gasteiger partial charge on any atom is -0.416 e. The van der Waals surface area contributed by atoms with Gasteiger partial charge in [-0.2, -0.15) is 0 Å². The Bertz CT molecular complexity index is 180. The summed E-state index contributed by atoms with van der Waals surface area (Å²) < 4.78 is 6.03. The van der Waals surface area contributed by atoms with Crippen molar-refractivity contribution >= 4 is 8.32 Å². The largest absolute Gasteiger partial charge is 0.416 e. The van der Waals surface area contributed by atoms with E-state index in [2.05, 4.69) is 33.9 Å². The Balaban J connectivity index is 4.27. The van der Waals surface area contributed by atoms with E-state index in [4.69, 9.17) is 9.53 Å². The van der Waals surface area contributed by atoms with Crippen LogP contribution in [0.4, 0.5) is 0 Å². The Kier molecular flexibility index (Phi) is 4.37. The van der Waals surface area contributed by atoms with Crippen LogP contribution in [0.5, 0.6) is 0 Å². The lowest BCUT2D eigenvalue weighted by Crippen LogP contribution is -2.43. The van der Waals surface area contributed by atoms with Gasteiger partial charge in [-0.1, -0.05) is 34.6 Å². The minimum absolute atomic E-state index is 0.116. The van der Waals surface area contributed by atoms with Gasteiger partial charge in [0.15, 0.2) is 8.32 Å². The average molecular weight is 218 g/mol. The van der Waals surface area contributed by atoms with Gasteiger partial charge in [0.05, 0.1) is 6.61 Å². The van der Waals surface area contributed by atoms with Gasteiger partial charge in [-0.25, -0.2) is 0 Å². The molecule has 0 fully saturated rings. The molecule has 3 heteroatoms. The van der Waals surface area contributed by atoms with Gasteiger partial charge in [0, 0.05) is 12.0 Å². The molecule has 86 valence electrons. The van der Waals surface area contributed by atoms with Gasteiger partial charge in [0.1, 0.15) is 0 Å². The minimum atomic E-state index is -1.64. The Labute approximate surface area is 89.8 Å². The van der Waals surface area contributed by atoms with Crippen LogP contribution in [0.3, 0.4) is 0 Å². The summed E-state index contributed by atoms with van der Waals surface area (Å²) in [6, 6.07) is 0. The van der Waals surface area contributed by atoms with Gasteiger partial charge in [-0.15, -0.1) is 0 Å². The standard InChI is InChI=1S/C11H26O2Si/c1-10(2,3)14(6,7)13-9-11(4,5)8-12/h12H,8-9H2,1-7H3. The quantitative estimate of drug-likeness (QED) is 0.735. The topological polar surface area (TPSA) is 29.5 Å². The monoisotopic (exact) mass is 218 g/mol. The Morgan fingerprint density at radius 1 is 1.07 bits per heavy atom. The molecule has 0 aliphatic heterocycles. The van der Waals surface area contributed by atoms with Gasteiger partial charge in [-0.3, -0.25) is 0 Å². The van der Waals surface area contributed by atoms with Crippen molar-refractivity contribution in [1.82, 2.24) is 0 Å². The van der Waals surface area contributed by atoms with Crippen molar-refractivity contribution in [2.45, 2.75) is 52.8 Å². The molecule has 0 saturated carbocycles. The molecule has 0 unspecified atom stereocenters. The van der Waals surface area contributed by atoms with E-state index in [-0.39, 0.29) is 17.1 Å². The summed E-state index contributed by atoms with van der Waals surface area (Å²) in [6.07, 6.45) is 0. The molecule has 14 heavy (non-hydrogen) atoms. The van der Waals surface area contributed by atoms with Crippen LogP contribution in [0.15, 0.2) is 0 Å². The summed E-state index contributed by atoms with van der Waals surface area (Å²) in [4.78, 5) is 0. The Morgan fingerprint density at radius 2 is 1.50 bits per heavy atom. The molecule has 0 aliphatic rings. The summed E-state index contributed by atoms with van der Waals surface area (Å²) in [5.74, 6) is 0. The molecule has 0 aliphatic carbocycles. The van der Waals surface area contributed by atoms with Gasteiger partial charge in [-0.05, 0) is 18.1 Å². The first-order valence-corrected chi connectivity index (χ1v) is 8.17. The second-order valence-corrected chi connectivity index (χ2v) is 11.2. The fraction of sp³-hybridized carbons (Fsp3) is 1.00. The number of rotatable bonds is 4. The molecule has 0 heterocycles. The third-order valence-electron chi connectivity index (χ3n) is 3.06. The highest BCUT2D eigenvalue weighted by Gasteiger charge is 2.38. The van der Waals surface area contributed by atoms with Crippen LogP contribution in [-0.2, 0) is 4.43 Å². The molecule has 0 aromatic rings. The van der Waals surface area contributed by atoms with E-state index < -0.39 is 8.32 Å². The third kappa shape index (κ3) is 4.11. The van der Waals surface area contributed by atoms with Crippen LogP contribution in [0.25, 0.3) is 0 Å². The molecular weight excluding hydrogens is 192 g/mol. The van der Waals surface area contributed by atoms with E-state index in [1.54, 1.807) is 0 Å². The van der Waals surface area contributed by atoms with Crippen LogP contribution in [0.1, 0.15) is 34.6 Å². The summed E-state index contributed by atoms with van der Waals surface area (Å²) >= 11 is 0. The summed E-state index contributed by atoms with van der Waals surface area (Å²) in [5, 5.41) is 9.38. The maximum atomic E-state index is 9.13. The van der Waals surface area contributed by atoms with Crippen molar-refractivity contribution in [3.05, 3.63) is 0 Å². The molecule has 1 N–H and O–H groups in total. The number of hydrogen-bond acceptors (Lipinski definition) is 2. The Hall–Kier alpha value is 0.137. The highest BCUT2D eigenvalue weighted by molar-refractivity contribution is 6.74. The number of aliphatic hydroxyl groups is 1. The summed E-state index contributed by atoms with van der Waals surface area (Å²) in [7, 11) is -1.64. The summed E-state index contributed by atoms with van der Waals surface area (Å²) in [6.45, 7) is 16.0. The van der Waals surface area contributed by atoms with Crippen LogP contribution in [0.2, 0.25) is 18.1 Å². The third-order valence-corrected chi connectivity index (χ3v) is 7.54.